The second-order valence-corrected chi connectivity index (χ2v) is 26.2. The van der Waals surface area contributed by atoms with Crippen LogP contribution in [0.1, 0.15) is 67.1 Å². The Morgan fingerprint density at radius 3 is 0.967 bits per heavy atom. The second kappa shape index (κ2) is 21.9. The Labute approximate surface area is 540 Å². The lowest BCUT2D eigenvalue weighted by Crippen LogP contribution is -2.40. The molecular formula is C90H68N2. The number of rotatable bonds is 10. The predicted molar refractivity (Wildman–Crippen MR) is 388 cm³/mol. The average molecular weight is 1180 g/mol. The maximum absolute atomic E-state index is 2.75. The van der Waals surface area contributed by atoms with Gasteiger partial charge in [0.15, 0.2) is 0 Å². The minimum atomic E-state index is -0.248. The first-order valence-electron chi connectivity index (χ1n) is 32.5. The van der Waals surface area contributed by atoms with E-state index in [1.165, 1.54) is 156 Å². The van der Waals surface area contributed by atoms with Crippen molar-refractivity contribution in [3.63, 3.8) is 0 Å². The van der Waals surface area contributed by atoms with E-state index in [9.17, 15) is 0 Å². The highest BCUT2D eigenvalue weighted by Gasteiger charge is 2.46. The summed E-state index contributed by atoms with van der Waals surface area (Å²) in [4.78, 5) is 5.31. The van der Waals surface area contributed by atoms with Gasteiger partial charge in [-0.15, -0.1) is 0 Å². The minimum absolute atomic E-state index is 0.0903. The van der Waals surface area contributed by atoms with Crippen LogP contribution < -0.4 is 9.80 Å². The Kier molecular flexibility index (Phi) is 13.1. The van der Waals surface area contributed by atoms with Crippen molar-refractivity contribution in [2.24, 2.45) is 0 Å². The van der Waals surface area contributed by atoms with Crippen LogP contribution in [0, 0.1) is 0 Å². The molecule has 0 aromatic heterocycles. The van der Waals surface area contributed by atoms with Gasteiger partial charge in [0, 0.05) is 27.9 Å². The normalized spacial score (nSPS) is 14.7. The maximum Gasteiger partial charge on any atom is 0.0641 e. The van der Waals surface area contributed by atoms with E-state index in [2.05, 4.69) is 359 Å². The molecule has 0 N–H and O–H groups in total. The summed E-state index contributed by atoms with van der Waals surface area (Å²) in [5.41, 5.74) is 32.7. The number of benzene rings is 14. The maximum atomic E-state index is 2.75. The van der Waals surface area contributed by atoms with Gasteiger partial charge >= 0.3 is 0 Å². The van der Waals surface area contributed by atoms with Crippen LogP contribution in [0.15, 0.2) is 322 Å². The average Bonchev–Trinajstić information content (AvgIpc) is 0.701. The van der Waals surface area contributed by atoms with Crippen molar-refractivity contribution >= 4 is 39.2 Å². The van der Waals surface area contributed by atoms with Gasteiger partial charge in [-0.3, -0.25) is 0 Å². The van der Waals surface area contributed by atoms with Gasteiger partial charge in [-0.1, -0.05) is 289 Å². The van der Waals surface area contributed by atoms with Gasteiger partial charge in [-0.05, 0) is 200 Å². The highest BCUT2D eigenvalue weighted by molar-refractivity contribution is 6.18. The molecule has 92 heavy (non-hydrogen) atoms. The van der Waals surface area contributed by atoms with Crippen LogP contribution in [-0.2, 0) is 17.3 Å². The van der Waals surface area contributed by atoms with Crippen molar-refractivity contribution in [2.45, 2.75) is 51.0 Å². The van der Waals surface area contributed by atoms with Crippen molar-refractivity contribution in [3.8, 4) is 89.0 Å². The molecule has 2 heterocycles. The molecule has 17 rings (SSSR count). The molecule has 1 unspecified atom stereocenters. The number of hydrogen-bond acceptors (Lipinski definition) is 2. The van der Waals surface area contributed by atoms with E-state index in [0.29, 0.717) is 0 Å². The topological polar surface area (TPSA) is 6.48 Å². The van der Waals surface area contributed by atoms with E-state index in [1.54, 1.807) is 0 Å². The van der Waals surface area contributed by atoms with Crippen LogP contribution in [0.2, 0.25) is 0 Å². The van der Waals surface area contributed by atoms with Crippen molar-refractivity contribution < 1.29 is 0 Å². The van der Waals surface area contributed by atoms with E-state index >= 15 is 0 Å². The van der Waals surface area contributed by atoms with Crippen LogP contribution in [0.4, 0.5) is 28.4 Å². The highest BCUT2D eigenvalue weighted by Crippen LogP contribution is 2.63. The summed E-state index contributed by atoms with van der Waals surface area (Å²) < 4.78 is 0. The fraction of sp³-hybridized carbons (Fsp3) is 0.0889. The number of anilines is 5. The summed E-state index contributed by atoms with van der Waals surface area (Å²) in [6, 6.07) is 121. The molecule has 14 aromatic carbocycles. The zero-order chi connectivity index (χ0) is 61.7. The molecule has 1 atom stereocenters. The Balaban J connectivity index is 1.09. The van der Waals surface area contributed by atoms with E-state index in [-0.39, 0.29) is 16.9 Å². The molecule has 0 bridgehead atoms. The first-order chi connectivity index (χ1) is 45.2. The molecule has 1 aliphatic carbocycles. The van der Waals surface area contributed by atoms with Gasteiger partial charge in [0.1, 0.15) is 0 Å². The van der Waals surface area contributed by atoms with Crippen LogP contribution in [-0.4, -0.2) is 0 Å². The third-order valence-corrected chi connectivity index (χ3v) is 20.4. The molecule has 2 nitrogen and oxygen atoms in total. The molecule has 0 amide bonds. The molecular weight excluding hydrogens is 1110 g/mol. The molecule has 0 saturated heterocycles. The first kappa shape index (κ1) is 55.0. The van der Waals surface area contributed by atoms with Crippen LogP contribution in [0.25, 0.3) is 99.8 Å². The fourth-order valence-corrected chi connectivity index (χ4v) is 16.0. The molecule has 0 fully saturated rings. The van der Waals surface area contributed by atoms with Crippen molar-refractivity contribution in [1.82, 2.24) is 0 Å². The summed E-state index contributed by atoms with van der Waals surface area (Å²) in [6.45, 7) is 9.60. The summed E-state index contributed by atoms with van der Waals surface area (Å²) in [6.07, 6.45) is 0.798. The Hall–Kier alpha value is -11.1. The van der Waals surface area contributed by atoms with Gasteiger partial charge in [-0.2, -0.15) is 0 Å². The second-order valence-electron chi connectivity index (χ2n) is 26.2. The Morgan fingerprint density at radius 1 is 0.272 bits per heavy atom. The van der Waals surface area contributed by atoms with Gasteiger partial charge in [-0.25, -0.2) is 0 Å². The lowest BCUT2D eigenvalue weighted by Gasteiger charge is -2.50. The van der Waals surface area contributed by atoms with Gasteiger partial charge in [0.25, 0.3) is 0 Å². The number of fused-ring (bicyclic) bond motifs is 6. The largest absolute Gasteiger partial charge is 0.333 e. The standard InChI is InChI=1S/C90H68N2/c1-89(2)75-43-23-27-47-79(75)91(80-48-28-24-44-76(80)89)67-51-52-68-73(57-67)88(86-71(63-39-19-9-20-40-63)55-66(60-33-13-6-14-34-60)56-72(86)64-41-21-10-22-42-64)87-74(58-83(87)92-81-49-29-25-45-77(81)90(3,4)78-46-26-30-50-82(78)92)84(68)85-69(61-35-15-7-16-36-61)53-65(59-31-11-5-12-32-59)54-70(85)62-37-17-8-18-38-62/h5-57,83H,58H2,1-4H3. The molecule has 0 saturated carbocycles. The monoisotopic (exact) mass is 1180 g/mol. The van der Waals surface area contributed by atoms with Crippen LogP contribution >= 0.6 is 0 Å². The van der Waals surface area contributed by atoms with Gasteiger partial charge < -0.3 is 9.80 Å². The predicted octanol–water partition coefficient (Wildman–Crippen LogP) is 24.4. The van der Waals surface area contributed by atoms with E-state index < -0.39 is 0 Å². The van der Waals surface area contributed by atoms with Crippen LogP contribution in [0.5, 0.6) is 0 Å². The van der Waals surface area contributed by atoms with Crippen LogP contribution in [0.3, 0.4) is 0 Å². The smallest absolute Gasteiger partial charge is 0.0641 e. The fourth-order valence-electron chi connectivity index (χ4n) is 16.0. The van der Waals surface area contributed by atoms with Crippen molar-refractivity contribution in [2.75, 3.05) is 9.80 Å². The third-order valence-electron chi connectivity index (χ3n) is 20.4. The molecule has 0 spiro atoms. The summed E-state index contributed by atoms with van der Waals surface area (Å²) in [5, 5.41) is 2.42. The Morgan fingerprint density at radius 2 is 0.587 bits per heavy atom. The molecule has 3 aliphatic rings. The first-order valence-corrected chi connectivity index (χ1v) is 32.5. The third kappa shape index (κ3) is 8.76. The van der Waals surface area contributed by atoms with E-state index in [0.717, 1.165) is 12.1 Å². The summed E-state index contributed by atoms with van der Waals surface area (Å²) >= 11 is 0. The quantitative estimate of drug-likeness (QED) is 0.135. The summed E-state index contributed by atoms with van der Waals surface area (Å²) in [7, 11) is 0. The van der Waals surface area contributed by atoms with Gasteiger partial charge in [0.2, 0.25) is 0 Å². The molecule has 2 heteroatoms. The van der Waals surface area contributed by atoms with Crippen molar-refractivity contribution in [1.29, 1.82) is 0 Å². The molecule has 0 radical (unpaired) electrons. The minimum Gasteiger partial charge on any atom is -0.333 e. The number of hydrogen-bond donors (Lipinski definition) is 0. The molecule has 14 aromatic rings. The SMILES string of the molecule is CC1(C)c2ccccc2N(c2ccc3c(-c4c(-c5ccccc5)cc(-c5ccccc5)cc4-c4ccccc4)c4c(c(-c5c(-c6ccccc6)cc(-c6ccccc6)cc5-c5ccccc5)c3c2)C(N2c3ccccc3C(C)(C)c3ccccc32)C4)c2ccccc21. The lowest BCUT2D eigenvalue weighted by atomic mass is 9.66. The Bertz CT molecular complexity index is 4950. The van der Waals surface area contributed by atoms with Crippen molar-refractivity contribution in [3.05, 3.63) is 355 Å². The van der Waals surface area contributed by atoms with E-state index in [4.69, 9.17) is 0 Å². The lowest BCUT2D eigenvalue weighted by molar-refractivity contribution is 0.572. The number of para-hydroxylation sites is 4. The molecule has 438 valence electrons. The molecule has 2 aliphatic heterocycles. The summed E-state index contributed by atoms with van der Waals surface area (Å²) in [5.74, 6) is 0. The van der Waals surface area contributed by atoms with Gasteiger partial charge in [0.05, 0.1) is 17.4 Å². The zero-order valence-electron chi connectivity index (χ0n) is 52.3. The zero-order valence-corrected chi connectivity index (χ0v) is 52.3. The number of nitrogens with zero attached hydrogens (tertiary/aromatic N) is 2. The highest BCUT2D eigenvalue weighted by atomic mass is 15.2. The van der Waals surface area contributed by atoms with E-state index in [1.807, 2.05) is 0 Å².